The number of nitrogens with zero attached hydrogens (tertiary/aromatic N) is 4. The van der Waals surface area contributed by atoms with E-state index in [0.29, 0.717) is 12.0 Å². The van der Waals surface area contributed by atoms with Crippen molar-refractivity contribution in [2.75, 3.05) is 26.2 Å². The molecular weight excluding hydrogens is 392 g/mol. The molecule has 0 unspecified atom stereocenters. The summed E-state index contributed by atoms with van der Waals surface area (Å²) in [6.07, 6.45) is 0.359. The number of amides is 1. The molecule has 2 aromatic carbocycles. The first-order valence-electron chi connectivity index (χ1n) is 10.1. The number of benzene rings is 2. The molecule has 0 atom stereocenters. The van der Waals surface area contributed by atoms with Gasteiger partial charge in [-0.1, -0.05) is 42.0 Å². The van der Waals surface area contributed by atoms with E-state index in [1.807, 2.05) is 34.5 Å². The molecule has 2 heterocycles. The van der Waals surface area contributed by atoms with Gasteiger partial charge in [0.25, 0.3) is 0 Å². The lowest BCUT2D eigenvalue weighted by atomic mass is 10.1. The van der Waals surface area contributed by atoms with Gasteiger partial charge >= 0.3 is 0 Å². The van der Waals surface area contributed by atoms with Crippen LogP contribution in [0, 0.1) is 18.3 Å². The molecule has 3 aromatic rings. The Bertz CT molecular complexity index is 1040. The second-order valence-electron chi connectivity index (χ2n) is 7.65. The summed E-state index contributed by atoms with van der Waals surface area (Å²) in [4.78, 5) is 21.7. The van der Waals surface area contributed by atoms with Gasteiger partial charge in [-0.15, -0.1) is 11.3 Å². The number of aromatic nitrogens is 1. The van der Waals surface area contributed by atoms with Crippen molar-refractivity contribution in [1.29, 1.82) is 5.26 Å². The monoisotopic (exact) mass is 416 g/mol. The zero-order valence-corrected chi connectivity index (χ0v) is 17.9. The Balaban J connectivity index is 1.28. The molecule has 1 fully saturated rings. The zero-order valence-electron chi connectivity index (χ0n) is 17.0. The summed E-state index contributed by atoms with van der Waals surface area (Å²) >= 11 is 1.59. The van der Waals surface area contributed by atoms with Gasteiger partial charge in [-0.05, 0) is 24.6 Å². The average molecular weight is 417 g/mol. The quantitative estimate of drug-likeness (QED) is 0.633. The SMILES string of the molecule is Cc1ccc(-c2nc(CC(=O)N3CCN(Cc4ccc(C#N)cc4)CC3)cs2)cc1. The molecule has 0 saturated carbocycles. The predicted molar refractivity (Wildman–Crippen MR) is 119 cm³/mol. The van der Waals surface area contributed by atoms with Crippen LogP contribution >= 0.6 is 11.3 Å². The highest BCUT2D eigenvalue weighted by molar-refractivity contribution is 7.13. The molecule has 30 heavy (non-hydrogen) atoms. The molecule has 1 aliphatic heterocycles. The van der Waals surface area contributed by atoms with Crippen molar-refractivity contribution >= 4 is 17.2 Å². The molecule has 5 nitrogen and oxygen atoms in total. The summed E-state index contributed by atoms with van der Waals surface area (Å²) in [5, 5.41) is 11.9. The van der Waals surface area contributed by atoms with Crippen LogP contribution in [0.25, 0.3) is 10.6 Å². The van der Waals surface area contributed by atoms with E-state index in [2.05, 4.69) is 47.1 Å². The first-order valence-corrected chi connectivity index (χ1v) is 11.0. The zero-order chi connectivity index (χ0) is 20.9. The Labute approximate surface area is 181 Å². The van der Waals surface area contributed by atoms with Crippen LogP contribution in [0.3, 0.4) is 0 Å². The highest BCUT2D eigenvalue weighted by atomic mass is 32.1. The Morgan fingerprint density at radius 3 is 2.43 bits per heavy atom. The smallest absolute Gasteiger partial charge is 0.228 e. The fourth-order valence-electron chi connectivity index (χ4n) is 3.58. The Morgan fingerprint density at radius 2 is 1.77 bits per heavy atom. The van der Waals surface area contributed by atoms with E-state index in [4.69, 9.17) is 5.26 Å². The van der Waals surface area contributed by atoms with Crippen molar-refractivity contribution in [3.63, 3.8) is 0 Å². The van der Waals surface area contributed by atoms with E-state index in [-0.39, 0.29) is 5.91 Å². The molecule has 1 amide bonds. The lowest BCUT2D eigenvalue weighted by molar-refractivity contribution is -0.132. The van der Waals surface area contributed by atoms with Crippen molar-refractivity contribution in [3.8, 4) is 16.6 Å². The molecule has 0 spiro atoms. The van der Waals surface area contributed by atoms with Crippen LogP contribution in [-0.4, -0.2) is 46.9 Å². The highest BCUT2D eigenvalue weighted by Gasteiger charge is 2.22. The van der Waals surface area contributed by atoms with E-state index in [9.17, 15) is 4.79 Å². The van der Waals surface area contributed by atoms with Crippen LogP contribution in [0.1, 0.15) is 22.4 Å². The minimum Gasteiger partial charge on any atom is -0.340 e. The van der Waals surface area contributed by atoms with Crippen molar-refractivity contribution in [1.82, 2.24) is 14.8 Å². The largest absolute Gasteiger partial charge is 0.340 e. The highest BCUT2D eigenvalue weighted by Crippen LogP contribution is 2.24. The van der Waals surface area contributed by atoms with Crippen LogP contribution in [-0.2, 0) is 17.8 Å². The van der Waals surface area contributed by atoms with Gasteiger partial charge in [-0.3, -0.25) is 9.69 Å². The third-order valence-corrected chi connectivity index (χ3v) is 6.34. The van der Waals surface area contributed by atoms with Crippen molar-refractivity contribution in [2.24, 2.45) is 0 Å². The van der Waals surface area contributed by atoms with Crippen molar-refractivity contribution in [3.05, 3.63) is 76.3 Å². The number of nitriles is 1. The number of hydrogen-bond acceptors (Lipinski definition) is 5. The van der Waals surface area contributed by atoms with Crippen LogP contribution in [0.2, 0.25) is 0 Å². The molecule has 1 aliphatic rings. The van der Waals surface area contributed by atoms with Gasteiger partial charge in [-0.25, -0.2) is 4.98 Å². The number of piperazine rings is 1. The number of carbonyl (C=O) groups excluding carboxylic acids is 1. The van der Waals surface area contributed by atoms with E-state index in [1.165, 1.54) is 11.1 Å². The van der Waals surface area contributed by atoms with Gasteiger partial charge in [0.05, 0.1) is 23.7 Å². The summed E-state index contributed by atoms with van der Waals surface area (Å²) < 4.78 is 0. The topological polar surface area (TPSA) is 60.2 Å². The van der Waals surface area contributed by atoms with Crippen LogP contribution in [0.5, 0.6) is 0 Å². The van der Waals surface area contributed by atoms with Gasteiger partial charge in [0, 0.05) is 43.7 Å². The van der Waals surface area contributed by atoms with Crippen molar-refractivity contribution in [2.45, 2.75) is 19.9 Å². The Hall–Kier alpha value is -3.01. The van der Waals surface area contributed by atoms with Crippen molar-refractivity contribution < 1.29 is 4.79 Å². The van der Waals surface area contributed by atoms with E-state index >= 15 is 0 Å². The molecule has 0 aliphatic carbocycles. The van der Waals surface area contributed by atoms with E-state index < -0.39 is 0 Å². The molecule has 0 N–H and O–H groups in total. The van der Waals surface area contributed by atoms with Crippen LogP contribution in [0.4, 0.5) is 0 Å². The number of aryl methyl sites for hydroxylation is 1. The first kappa shape index (κ1) is 20.3. The van der Waals surface area contributed by atoms with Gasteiger partial charge in [-0.2, -0.15) is 5.26 Å². The molecule has 152 valence electrons. The molecule has 1 saturated heterocycles. The maximum atomic E-state index is 12.7. The van der Waals surface area contributed by atoms with E-state index in [0.717, 1.165) is 49.0 Å². The number of rotatable bonds is 5. The Kier molecular flexibility index (Phi) is 6.22. The first-order chi connectivity index (χ1) is 14.6. The van der Waals surface area contributed by atoms with Gasteiger partial charge in [0.2, 0.25) is 5.91 Å². The fourth-order valence-corrected chi connectivity index (χ4v) is 4.41. The maximum Gasteiger partial charge on any atom is 0.228 e. The molecule has 1 aromatic heterocycles. The average Bonchev–Trinajstić information content (AvgIpc) is 3.23. The van der Waals surface area contributed by atoms with Gasteiger partial charge in [0.1, 0.15) is 5.01 Å². The second kappa shape index (κ2) is 9.21. The third-order valence-electron chi connectivity index (χ3n) is 5.40. The minimum absolute atomic E-state index is 0.147. The third kappa shape index (κ3) is 4.93. The molecule has 6 heteroatoms. The summed E-state index contributed by atoms with van der Waals surface area (Å²) in [5.41, 5.74) is 5.05. The fraction of sp³-hybridized carbons (Fsp3) is 0.292. The standard InChI is InChI=1S/C24H24N4OS/c1-18-2-8-21(9-3-18)24-26-22(17-30-24)14-23(29)28-12-10-27(11-13-28)16-20-6-4-19(15-25)5-7-20/h2-9,17H,10-14,16H2,1H3. The molecule has 4 rings (SSSR count). The van der Waals surface area contributed by atoms with Gasteiger partial charge < -0.3 is 4.90 Å². The minimum atomic E-state index is 0.147. The molecular formula is C24H24N4OS. The number of thiazole rings is 1. The predicted octanol–water partition coefficient (Wildman–Crippen LogP) is 3.88. The second-order valence-corrected chi connectivity index (χ2v) is 8.51. The summed E-state index contributed by atoms with van der Waals surface area (Å²) in [6, 6.07) is 18.2. The molecule has 0 bridgehead atoms. The summed E-state index contributed by atoms with van der Waals surface area (Å²) in [7, 11) is 0. The lowest BCUT2D eigenvalue weighted by Crippen LogP contribution is -2.48. The van der Waals surface area contributed by atoms with Gasteiger partial charge in [0.15, 0.2) is 0 Å². The summed E-state index contributed by atoms with van der Waals surface area (Å²) in [5.74, 6) is 0.147. The van der Waals surface area contributed by atoms with Crippen LogP contribution < -0.4 is 0 Å². The molecule has 0 radical (unpaired) electrons. The number of hydrogen-bond donors (Lipinski definition) is 0. The lowest BCUT2D eigenvalue weighted by Gasteiger charge is -2.34. The van der Waals surface area contributed by atoms with E-state index in [1.54, 1.807) is 11.3 Å². The number of carbonyl (C=O) groups is 1. The Morgan fingerprint density at radius 1 is 1.07 bits per heavy atom. The maximum absolute atomic E-state index is 12.7. The van der Waals surface area contributed by atoms with Crippen LogP contribution in [0.15, 0.2) is 53.9 Å². The summed E-state index contributed by atoms with van der Waals surface area (Å²) in [6.45, 7) is 6.11. The normalized spacial score (nSPS) is 14.5.